The topological polar surface area (TPSA) is 47.3 Å². The zero-order chi connectivity index (χ0) is 12.7. The number of nitriles is 1. The molecule has 0 aromatic heterocycles. The molecule has 0 heterocycles. The van der Waals surface area contributed by atoms with Gasteiger partial charge in [0.2, 0.25) is 0 Å². The van der Waals surface area contributed by atoms with Crippen molar-refractivity contribution in [2.75, 3.05) is 13.6 Å². The highest BCUT2D eigenvalue weighted by Crippen LogP contribution is 2.16. The van der Waals surface area contributed by atoms with Crippen molar-refractivity contribution in [1.29, 1.82) is 5.26 Å². The molecule has 2 atom stereocenters. The van der Waals surface area contributed by atoms with Gasteiger partial charge in [-0.2, -0.15) is 5.26 Å². The summed E-state index contributed by atoms with van der Waals surface area (Å²) in [7, 11) is 1.99. The van der Waals surface area contributed by atoms with Crippen molar-refractivity contribution in [2.24, 2.45) is 0 Å². The summed E-state index contributed by atoms with van der Waals surface area (Å²) in [5.41, 5.74) is 0.953. The van der Waals surface area contributed by atoms with Gasteiger partial charge < -0.3 is 10.0 Å². The molecule has 0 fully saturated rings. The third-order valence-corrected chi connectivity index (χ3v) is 3.08. The Balaban J connectivity index is 2.38. The molecule has 1 N–H and O–H groups in total. The van der Waals surface area contributed by atoms with E-state index in [2.05, 4.69) is 11.0 Å². The van der Waals surface area contributed by atoms with Crippen molar-refractivity contribution in [3.63, 3.8) is 0 Å². The molecule has 92 valence electrons. The van der Waals surface area contributed by atoms with Gasteiger partial charge >= 0.3 is 0 Å². The van der Waals surface area contributed by atoms with Crippen LogP contribution in [-0.4, -0.2) is 29.6 Å². The van der Waals surface area contributed by atoms with E-state index in [1.165, 1.54) is 0 Å². The second kappa shape index (κ2) is 7.05. The Labute approximate surface area is 103 Å². The summed E-state index contributed by atoms with van der Waals surface area (Å²) in [5, 5.41) is 18.6. The van der Waals surface area contributed by atoms with Gasteiger partial charge in [0.1, 0.15) is 0 Å². The van der Waals surface area contributed by atoms with Gasteiger partial charge in [0.05, 0.1) is 18.6 Å². The zero-order valence-electron chi connectivity index (χ0n) is 10.5. The Morgan fingerprint density at radius 3 is 2.59 bits per heavy atom. The summed E-state index contributed by atoms with van der Waals surface area (Å²) >= 11 is 0. The van der Waals surface area contributed by atoms with Crippen LogP contribution in [0, 0.1) is 11.3 Å². The van der Waals surface area contributed by atoms with Gasteiger partial charge in [-0.15, -0.1) is 0 Å². The van der Waals surface area contributed by atoms with Gasteiger partial charge in [-0.1, -0.05) is 30.3 Å². The molecule has 3 nitrogen and oxygen atoms in total. The Kier molecular flexibility index (Phi) is 5.68. The van der Waals surface area contributed by atoms with Gasteiger partial charge in [-0.05, 0) is 26.0 Å². The van der Waals surface area contributed by atoms with Crippen LogP contribution < -0.4 is 0 Å². The minimum atomic E-state index is -0.423. The molecule has 0 amide bonds. The lowest BCUT2D eigenvalue weighted by molar-refractivity contribution is 0.139. The van der Waals surface area contributed by atoms with Crippen LogP contribution in [0.3, 0.4) is 0 Å². The van der Waals surface area contributed by atoms with E-state index < -0.39 is 6.10 Å². The fraction of sp³-hybridized carbons (Fsp3) is 0.500. The molecule has 1 unspecified atom stereocenters. The summed E-state index contributed by atoms with van der Waals surface area (Å²) < 4.78 is 0. The van der Waals surface area contributed by atoms with E-state index in [4.69, 9.17) is 5.26 Å². The van der Waals surface area contributed by atoms with Crippen LogP contribution in [0.5, 0.6) is 0 Å². The Bertz CT molecular complexity index is 358. The van der Waals surface area contributed by atoms with E-state index in [-0.39, 0.29) is 6.04 Å². The fourth-order valence-electron chi connectivity index (χ4n) is 1.68. The minimum absolute atomic E-state index is 0.239. The Morgan fingerprint density at radius 2 is 2.00 bits per heavy atom. The lowest BCUT2D eigenvalue weighted by atomic mass is 10.1. The summed E-state index contributed by atoms with van der Waals surface area (Å²) in [4.78, 5) is 2.11. The molecule has 0 bridgehead atoms. The third kappa shape index (κ3) is 4.56. The van der Waals surface area contributed by atoms with Gasteiger partial charge in [-0.25, -0.2) is 0 Å². The van der Waals surface area contributed by atoms with Crippen molar-refractivity contribution in [1.82, 2.24) is 4.90 Å². The number of rotatable bonds is 6. The Hall–Kier alpha value is -1.37. The lowest BCUT2D eigenvalue weighted by Crippen LogP contribution is -2.30. The highest BCUT2D eigenvalue weighted by Gasteiger charge is 2.12. The summed E-state index contributed by atoms with van der Waals surface area (Å²) in [6.07, 6.45) is 0.793. The molecule has 0 saturated heterocycles. The molecule has 3 heteroatoms. The van der Waals surface area contributed by atoms with Crippen LogP contribution in [0.2, 0.25) is 0 Å². The predicted octanol–water partition coefficient (Wildman–Crippen LogP) is 2.34. The monoisotopic (exact) mass is 232 g/mol. The number of hydrogen-bond acceptors (Lipinski definition) is 3. The number of benzene rings is 1. The van der Waals surface area contributed by atoms with Gasteiger partial charge in [-0.3, -0.25) is 0 Å². The Morgan fingerprint density at radius 1 is 1.35 bits per heavy atom. The van der Waals surface area contributed by atoms with Gasteiger partial charge in [0.25, 0.3) is 0 Å². The average Bonchev–Trinajstić information content (AvgIpc) is 2.36. The molecule has 1 aromatic rings. The number of nitrogens with zero attached hydrogens (tertiary/aromatic N) is 2. The molecular formula is C14H20N2O. The molecule has 0 aliphatic carbocycles. The van der Waals surface area contributed by atoms with Crippen LogP contribution in [0.1, 0.15) is 31.4 Å². The average molecular weight is 232 g/mol. The first-order valence-electron chi connectivity index (χ1n) is 5.95. The summed E-state index contributed by atoms with van der Waals surface area (Å²) in [6, 6.07) is 12.1. The molecule has 0 saturated carbocycles. The van der Waals surface area contributed by atoms with E-state index in [0.717, 1.165) is 12.1 Å². The van der Waals surface area contributed by atoms with Crippen molar-refractivity contribution in [2.45, 2.75) is 31.9 Å². The normalized spacial score (nSPS) is 14.3. The van der Waals surface area contributed by atoms with E-state index in [1.807, 2.05) is 44.3 Å². The largest absolute Gasteiger partial charge is 0.388 e. The molecule has 0 aliphatic heterocycles. The third-order valence-electron chi connectivity index (χ3n) is 3.08. The maximum absolute atomic E-state index is 9.99. The number of aliphatic hydroxyl groups is 1. The highest BCUT2D eigenvalue weighted by atomic mass is 16.3. The predicted molar refractivity (Wildman–Crippen MR) is 68.3 cm³/mol. The molecule has 1 rings (SSSR count). The van der Waals surface area contributed by atoms with Crippen molar-refractivity contribution in [3.8, 4) is 6.07 Å². The minimum Gasteiger partial charge on any atom is -0.388 e. The smallest absolute Gasteiger partial charge is 0.0802 e. The number of hydrogen-bond donors (Lipinski definition) is 1. The van der Waals surface area contributed by atoms with Crippen molar-refractivity contribution < 1.29 is 5.11 Å². The van der Waals surface area contributed by atoms with Crippen LogP contribution in [0.25, 0.3) is 0 Å². The first-order valence-corrected chi connectivity index (χ1v) is 5.95. The van der Waals surface area contributed by atoms with Crippen molar-refractivity contribution in [3.05, 3.63) is 35.9 Å². The van der Waals surface area contributed by atoms with Crippen LogP contribution in [0.15, 0.2) is 30.3 Å². The molecular weight excluding hydrogens is 212 g/mol. The summed E-state index contributed by atoms with van der Waals surface area (Å²) in [6.45, 7) is 2.82. The fourth-order valence-corrected chi connectivity index (χ4v) is 1.68. The van der Waals surface area contributed by atoms with Crippen LogP contribution in [-0.2, 0) is 0 Å². The lowest BCUT2D eigenvalue weighted by Gasteiger charge is -2.23. The quantitative estimate of drug-likeness (QED) is 0.819. The van der Waals surface area contributed by atoms with Gasteiger partial charge in [0.15, 0.2) is 0 Å². The highest BCUT2D eigenvalue weighted by molar-refractivity contribution is 5.17. The maximum Gasteiger partial charge on any atom is 0.0802 e. The van der Waals surface area contributed by atoms with E-state index in [1.54, 1.807) is 0 Å². The van der Waals surface area contributed by atoms with E-state index in [9.17, 15) is 5.11 Å². The molecule has 17 heavy (non-hydrogen) atoms. The second-order valence-electron chi connectivity index (χ2n) is 4.41. The summed E-state index contributed by atoms with van der Waals surface area (Å²) in [5.74, 6) is 0. The molecule has 0 spiro atoms. The van der Waals surface area contributed by atoms with Crippen LogP contribution >= 0.6 is 0 Å². The zero-order valence-corrected chi connectivity index (χ0v) is 10.5. The maximum atomic E-state index is 9.99. The van der Waals surface area contributed by atoms with Gasteiger partial charge in [0, 0.05) is 12.6 Å². The van der Waals surface area contributed by atoms with E-state index >= 15 is 0 Å². The van der Waals surface area contributed by atoms with Crippen LogP contribution in [0.4, 0.5) is 0 Å². The van der Waals surface area contributed by atoms with Crippen molar-refractivity contribution >= 4 is 0 Å². The molecule has 0 aliphatic rings. The molecule has 1 aromatic carbocycles. The number of aliphatic hydroxyl groups excluding tert-OH is 1. The first kappa shape index (κ1) is 13.7. The molecule has 0 radical (unpaired) electrons. The standard InChI is InChI=1S/C14H20N2O/c1-12(8-10-15)16(2)11-9-14(17)13-6-4-3-5-7-13/h3-7,12,14,17H,8-9,11H2,1-2H3/t12?,14-/m1/s1. The SMILES string of the molecule is CC(CC#N)N(C)CC[C@@H](O)c1ccccc1. The van der Waals surface area contributed by atoms with E-state index in [0.29, 0.717) is 12.8 Å². The second-order valence-corrected chi connectivity index (χ2v) is 4.41. The first-order chi connectivity index (χ1) is 8.15.